The molecule has 0 bridgehead atoms. The molecule has 1 aliphatic carbocycles. The van der Waals surface area contributed by atoms with Crippen molar-refractivity contribution >= 4 is 5.96 Å². The Morgan fingerprint density at radius 2 is 1.77 bits per heavy atom. The first kappa shape index (κ1) is 22.9. The number of nitrogens with one attached hydrogen (secondary N) is 2. The first-order chi connectivity index (χ1) is 14.3. The predicted octanol–water partition coefficient (Wildman–Crippen LogP) is 3.43. The summed E-state index contributed by atoms with van der Waals surface area (Å²) in [5.74, 6) is -0.684. The van der Waals surface area contributed by atoms with Crippen LogP contribution in [0.2, 0.25) is 0 Å². The van der Waals surface area contributed by atoms with Crippen LogP contribution in [0.5, 0.6) is 0 Å². The van der Waals surface area contributed by atoms with Crippen LogP contribution >= 0.6 is 0 Å². The molecule has 2 unspecified atom stereocenters. The zero-order valence-corrected chi connectivity index (χ0v) is 17.6. The number of alkyl halides is 3. The van der Waals surface area contributed by atoms with Crippen LogP contribution in [0.3, 0.4) is 0 Å². The van der Waals surface area contributed by atoms with Crippen LogP contribution in [-0.4, -0.2) is 54.4 Å². The Labute approximate surface area is 176 Å². The second-order valence-corrected chi connectivity index (χ2v) is 8.50. The van der Waals surface area contributed by atoms with E-state index in [4.69, 9.17) is 0 Å². The van der Waals surface area contributed by atoms with E-state index in [1.54, 1.807) is 7.05 Å². The van der Waals surface area contributed by atoms with E-state index in [2.05, 4.69) is 44.8 Å². The topological polar surface area (TPSA) is 59.9 Å². The maximum Gasteiger partial charge on any atom is 0.391 e. The molecule has 1 saturated carbocycles. The molecular formula is C22H33F3N4O. The van der Waals surface area contributed by atoms with Crippen LogP contribution in [0.4, 0.5) is 13.2 Å². The van der Waals surface area contributed by atoms with E-state index >= 15 is 0 Å². The number of aliphatic hydroxyl groups is 1. The van der Waals surface area contributed by atoms with Gasteiger partial charge in [0.15, 0.2) is 5.96 Å². The third kappa shape index (κ3) is 6.87. The van der Waals surface area contributed by atoms with Crippen LogP contribution in [0.25, 0.3) is 0 Å². The molecule has 2 fully saturated rings. The smallest absolute Gasteiger partial charge is 0.391 e. The number of piperidine rings is 1. The number of nitrogens with zero attached hydrogens (tertiary/aromatic N) is 2. The van der Waals surface area contributed by atoms with E-state index in [-0.39, 0.29) is 25.0 Å². The molecule has 0 radical (unpaired) electrons. The van der Waals surface area contributed by atoms with E-state index in [0.29, 0.717) is 18.9 Å². The van der Waals surface area contributed by atoms with Crippen molar-refractivity contribution in [3.8, 4) is 0 Å². The van der Waals surface area contributed by atoms with Gasteiger partial charge in [-0.2, -0.15) is 13.2 Å². The molecule has 0 spiro atoms. The fourth-order valence-electron chi connectivity index (χ4n) is 4.29. The second kappa shape index (κ2) is 10.5. The fourth-order valence-corrected chi connectivity index (χ4v) is 4.29. The van der Waals surface area contributed by atoms with Crippen LogP contribution < -0.4 is 10.6 Å². The van der Waals surface area contributed by atoms with Crippen molar-refractivity contribution < 1.29 is 18.3 Å². The van der Waals surface area contributed by atoms with Gasteiger partial charge in [0, 0.05) is 39.3 Å². The van der Waals surface area contributed by atoms with Gasteiger partial charge >= 0.3 is 6.18 Å². The van der Waals surface area contributed by atoms with Gasteiger partial charge in [0.1, 0.15) is 0 Å². The highest BCUT2D eigenvalue weighted by atomic mass is 19.4. The summed E-state index contributed by atoms with van der Waals surface area (Å²) >= 11 is 0. The summed E-state index contributed by atoms with van der Waals surface area (Å²) in [7, 11) is 1.64. The number of hydrogen-bond acceptors (Lipinski definition) is 3. The molecule has 0 aromatic heterocycles. The number of likely N-dealkylation sites (tertiary alicyclic amines) is 1. The first-order valence-electron chi connectivity index (χ1n) is 10.9. The normalized spacial score (nSPS) is 24.6. The standard InChI is InChI=1S/C22H33F3N4O/c1-26-21(28-19-4-2-3-18(13-19)22(23,24)25)27-14-16-5-7-17(8-6-16)15-29-11-9-20(30)10-12-29/h5-8,18-20,30H,2-4,9-15H2,1H3,(H2,26,27,28). The van der Waals surface area contributed by atoms with Crippen LogP contribution in [0.15, 0.2) is 29.3 Å². The summed E-state index contributed by atoms with van der Waals surface area (Å²) in [6.45, 7) is 3.28. The van der Waals surface area contributed by atoms with Crippen LogP contribution in [-0.2, 0) is 13.1 Å². The monoisotopic (exact) mass is 426 g/mol. The summed E-state index contributed by atoms with van der Waals surface area (Å²) in [5, 5.41) is 16.0. The molecule has 0 amide bonds. The van der Waals surface area contributed by atoms with Crippen molar-refractivity contribution in [1.29, 1.82) is 0 Å². The Bertz CT molecular complexity index is 685. The van der Waals surface area contributed by atoms with Crippen LogP contribution in [0, 0.1) is 5.92 Å². The van der Waals surface area contributed by atoms with Crippen molar-refractivity contribution in [3.05, 3.63) is 35.4 Å². The summed E-state index contributed by atoms with van der Waals surface area (Å²) in [6.07, 6.45) is -0.980. The van der Waals surface area contributed by atoms with E-state index < -0.39 is 12.1 Å². The average Bonchev–Trinajstić information content (AvgIpc) is 2.73. The van der Waals surface area contributed by atoms with Gasteiger partial charge in [-0.05, 0) is 43.2 Å². The van der Waals surface area contributed by atoms with Gasteiger partial charge in [-0.15, -0.1) is 0 Å². The van der Waals surface area contributed by atoms with Crippen molar-refractivity contribution in [2.45, 2.75) is 69.9 Å². The Hall–Kier alpha value is -1.80. The van der Waals surface area contributed by atoms with Gasteiger partial charge in [-0.3, -0.25) is 9.89 Å². The number of rotatable bonds is 5. The maximum absolute atomic E-state index is 13.0. The van der Waals surface area contributed by atoms with Gasteiger partial charge in [-0.25, -0.2) is 0 Å². The van der Waals surface area contributed by atoms with E-state index in [9.17, 15) is 18.3 Å². The molecule has 5 nitrogen and oxygen atoms in total. The first-order valence-corrected chi connectivity index (χ1v) is 10.9. The molecule has 2 aliphatic rings. The zero-order valence-electron chi connectivity index (χ0n) is 17.6. The highest BCUT2D eigenvalue weighted by Crippen LogP contribution is 2.37. The minimum absolute atomic E-state index is 0.104. The third-order valence-corrected chi connectivity index (χ3v) is 6.15. The molecule has 3 N–H and O–H groups in total. The Morgan fingerprint density at radius 1 is 1.10 bits per heavy atom. The molecule has 30 heavy (non-hydrogen) atoms. The molecule has 1 aromatic rings. The van der Waals surface area contributed by atoms with Crippen molar-refractivity contribution in [3.63, 3.8) is 0 Å². The lowest BCUT2D eigenvalue weighted by atomic mass is 9.85. The highest BCUT2D eigenvalue weighted by molar-refractivity contribution is 5.79. The molecule has 168 valence electrons. The SMILES string of the molecule is CN=C(NCc1ccc(CN2CCC(O)CC2)cc1)NC1CCCC(C(F)(F)F)C1. The Morgan fingerprint density at radius 3 is 2.40 bits per heavy atom. The number of halogens is 3. The molecule has 2 atom stereocenters. The van der Waals surface area contributed by atoms with E-state index in [0.717, 1.165) is 44.5 Å². The van der Waals surface area contributed by atoms with Crippen molar-refractivity contribution in [2.24, 2.45) is 10.9 Å². The van der Waals surface area contributed by atoms with Gasteiger partial charge in [-0.1, -0.05) is 30.7 Å². The maximum atomic E-state index is 13.0. The molecule has 1 heterocycles. The zero-order chi connectivity index (χ0) is 21.6. The Kier molecular flexibility index (Phi) is 7.99. The number of aliphatic imine (C=N–C) groups is 1. The minimum atomic E-state index is -4.12. The molecule has 8 heteroatoms. The molecule has 1 saturated heterocycles. The molecule has 1 aromatic carbocycles. The number of aliphatic hydroxyl groups excluding tert-OH is 1. The lowest BCUT2D eigenvalue weighted by Gasteiger charge is -2.32. The number of hydrogen-bond donors (Lipinski definition) is 3. The van der Waals surface area contributed by atoms with E-state index in [1.165, 1.54) is 5.56 Å². The highest BCUT2D eigenvalue weighted by Gasteiger charge is 2.42. The fraction of sp³-hybridized carbons (Fsp3) is 0.682. The lowest BCUT2D eigenvalue weighted by molar-refractivity contribution is -0.183. The van der Waals surface area contributed by atoms with E-state index in [1.807, 2.05) is 0 Å². The summed E-state index contributed by atoms with van der Waals surface area (Å²) < 4.78 is 39.0. The Balaban J connectivity index is 1.44. The largest absolute Gasteiger partial charge is 0.393 e. The average molecular weight is 427 g/mol. The molecule has 1 aliphatic heterocycles. The van der Waals surface area contributed by atoms with Crippen molar-refractivity contribution in [1.82, 2.24) is 15.5 Å². The molecular weight excluding hydrogens is 393 g/mol. The van der Waals surface area contributed by atoms with Gasteiger partial charge in [0.05, 0.1) is 12.0 Å². The quantitative estimate of drug-likeness (QED) is 0.499. The predicted molar refractivity (Wildman–Crippen MR) is 112 cm³/mol. The van der Waals surface area contributed by atoms with Crippen molar-refractivity contribution in [2.75, 3.05) is 20.1 Å². The van der Waals surface area contributed by atoms with Gasteiger partial charge in [0.25, 0.3) is 0 Å². The minimum Gasteiger partial charge on any atom is -0.393 e. The summed E-state index contributed by atoms with van der Waals surface area (Å²) in [6, 6.07) is 8.13. The van der Waals surface area contributed by atoms with Gasteiger partial charge < -0.3 is 15.7 Å². The molecule has 3 rings (SSSR count). The lowest BCUT2D eigenvalue weighted by Crippen LogP contribution is -2.46. The third-order valence-electron chi connectivity index (χ3n) is 6.15. The summed E-state index contributed by atoms with van der Waals surface area (Å²) in [5.41, 5.74) is 2.32. The van der Waals surface area contributed by atoms with Crippen LogP contribution in [0.1, 0.15) is 49.7 Å². The number of guanidine groups is 1. The second-order valence-electron chi connectivity index (χ2n) is 8.50. The number of benzene rings is 1. The summed E-state index contributed by atoms with van der Waals surface area (Å²) in [4.78, 5) is 6.52. The van der Waals surface area contributed by atoms with Gasteiger partial charge in [0.2, 0.25) is 0 Å².